The highest BCUT2D eigenvalue weighted by Crippen LogP contribution is 2.25. The van der Waals surface area contributed by atoms with Gasteiger partial charge in [0.25, 0.3) is 5.91 Å². The second-order valence-corrected chi connectivity index (χ2v) is 6.84. The second kappa shape index (κ2) is 7.74. The van der Waals surface area contributed by atoms with Gasteiger partial charge in [0.2, 0.25) is 0 Å². The lowest BCUT2D eigenvalue weighted by Crippen LogP contribution is -2.35. The van der Waals surface area contributed by atoms with Crippen molar-refractivity contribution < 1.29 is 15.0 Å². The minimum absolute atomic E-state index is 0.0597. The Morgan fingerprint density at radius 3 is 2.42 bits per heavy atom. The second-order valence-electron chi connectivity index (χ2n) is 5.98. The molecule has 0 aliphatic heterocycles. The highest BCUT2D eigenvalue weighted by atomic mass is 32.1. The molecule has 1 aromatic carbocycles. The summed E-state index contributed by atoms with van der Waals surface area (Å²) in [4.78, 5) is 16.7. The molecule has 6 nitrogen and oxygen atoms in total. The standard InChI is InChI=1S/C17H21N3O3S/c21-13-8-6-12(7-9-14(13)22)19-16(23)15-17(24-10-18-15)20-11-4-2-1-3-5-11/h1-5,10,12-14,20-22H,6-9H2,(H,19,23)/t12?,13-,14+. The molecule has 1 saturated carbocycles. The van der Waals surface area contributed by atoms with E-state index < -0.39 is 12.2 Å². The average molecular weight is 347 g/mol. The van der Waals surface area contributed by atoms with E-state index in [4.69, 9.17) is 0 Å². The number of nitrogens with one attached hydrogen (secondary N) is 2. The number of aliphatic hydroxyl groups excluding tert-OH is 2. The molecular formula is C17H21N3O3S. The number of aliphatic hydroxyl groups is 2. The number of rotatable bonds is 4. The van der Waals surface area contributed by atoms with Gasteiger partial charge in [-0.1, -0.05) is 18.2 Å². The van der Waals surface area contributed by atoms with Crippen LogP contribution in [-0.2, 0) is 0 Å². The number of anilines is 2. The maximum absolute atomic E-state index is 12.5. The zero-order valence-electron chi connectivity index (χ0n) is 13.2. The summed E-state index contributed by atoms with van der Waals surface area (Å²) in [7, 11) is 0. The van der Waals surface area contributed by atoms with Crippen LogP contribution in [0.3, 0.4) is 0 Å². The smallest absolute Gasteiger partial charge is 0.273 e. The molecule has 7 heteroatoms. The van der Waals surface area contributed by atoms with Gasteiger partial charge in [-0.3, -0.25) is 4.79 Å². The molecule has 24 heavy (non-hydrogen) atoms. The van der Waals surface area contributed by atoms with Gasteiger partial charge in [-0.2, -0.15) is 0 Å². The van der Waals surface area contributed by atoms with Gasteiger partial charge in [0.05, 0.1) is 17.7 Å². The molecule has 1 heterocycles. The Morgan fingerprint density at radius 2 is 1.75 bits per heavy atom. The molecular weight excluding hydrogens is 326 g/mol. The number of hydrogen-bond acceptors (Lipinski definition) is 6. The third kappa shape index (κ3) is 4.11. The van der Waals surface area contributed by atoms with Gasteiger partial charge in [0, 0.05) is 11.7 Å². The minimum Gasteiger partial charge on any atom is -0.390 e. The van der Waals surface area contributed by atoms with E-state index in [9.17, 15) is 15.0 Å². The molecule has 1 fully saturated rings. The van der Waals surface area contributed by atoms with Crippen LogP contribution in [0.25, 0.3) is 0 Å². The van der Waals surface area contributed by atoms with E-state index in [2.05, 4.69) is 15.6 Å². The predicted octanol–water partition coefficient (Wildman–Crippen LogP) is 2.28. The van der Waals surface area contributed by atoms with Gasteiger partial charge in [-0.05, 0) is 37.8 Å². The van der Waals surface area contributed by atoms with Gasteiger partial charge < -0.3 is 20.8 Å². The average Bonchev–Trinajstić information content (AvgIpc) is 2.99. The number of hydrogen-bond donors (Lipinski definition) is 4. The lowest BCUT2D eigenvalue weighted by atomic mass is 10.1. The van der Waals surface area contributed by atoms with Crippen molar-refractivity contribution >= 4 is 27.9 Å². The maximum atomic E-state index is 12.5. The summed E-state index contributed by atoms with van der Waals surface area (Å²) in [6.07, 6.45) is 0.852. The molecule has 2 aromatic rings. The lowest BCUT2D eigenvalue weighted by molar-refractivity contribution is 0.0157. The summed E-state index contributed by atoms with van der Waals surface area (Å²) in [5.41, 5.74) is 2.91. The fraction of sp³-hybridized carbons (Fsp3) is 0.412. The van der Waals surface area contributed by atoms with E-state index in [0.717, 1.165) is 5.69 Å². The lowest BCUT2D eigenvalue weighted by Gasteiger charge is -2.16. The first-order chi connectivity index (χ1) is 11.6. The summed E-state index contributed by atoms with van der Waals surface area (Å²) in [5.74, 6) is -0.231. The van der Waals surface area contributed by atoms with Crippen molar-refractivity contribution in [1.82, 2.24) is 10.3 Å². The molecule has 3 atom stereocenters. The first-order valence-corrected chi connectivity index (χ1v) is 8.94. The number of nitrogens with zero attached hydrogens (tertiary/aromatic N) is 1. The van der Waals surface area contributed by atoms with Crippen molar-refractivity contribution in [1.29, 1.82) is 0 Å². The van der Waals surface area contributed by atoms with E-state index in [1.165, 1.54) is 11.3 Å². The van der Waals surface area contributed by atoms with Gasteiger partial charge in [-0.25, -0.2) is 4.98 Å². The molecule has 1 aliphatic carbocycles. The molecule has 1 unspecified atom stereocenters. The number of para-hydroxylation sites is 1. The fourth-order valence-electron chi connectivity index (χ4n) is 2.82. The summed E-state index contributed by atoms with van der Waals surface area (Å²) in [6.45, 7) is 0. The van der Waals surface area contributed by atoms with Crippen molar-refractivity contribution in [2.24, 2.45) is 0 Å². The normalized spacial score (nSPS) is 24.2. The largest absolute Gasteiger partial charge is 0.390 e. The van der Waals surface area contributed by atoms with Crippen LogP contribution in [0, 0.1) is 0 Å². The van der Waals surface area contributed by atoms with Crippen LogP contribution in [0.4, 0.5) is 10.7 Å². The van der Waals surface area contributed by atoms with Gasteiger partial charge in [-0.15, -0.1) is 11.3 Å². The van der Waals surface area contributed by atoms with Crippen LogP contribution >= 0.6 is 11.3 Å². The van der Waals surface area contributed by atoms with Gasteiger partial charge in [0.15, 0.2) is 5.69 Å². The van der Waals surface area contributed by atoms with Gasteiger partial charge >= 0.3 is 0 Å². The van der Waals surface area contributed by atoms with Crippen LogP contribution in [0.1, 0.15) is 36.2 Å². The molecule has 0 saturated heterocycles. The number of aromatic nitrogens is 1. The van der Waals surface area contributed by atoms with Crippen LogP contribution in [0.2, 0.25) is 0 Å². The van der Waals surface area contributed by atoms with E-state index in [1.54, 1.807) is 5.51 Å². The zero-order valence-corrected chi connectivity index (χ0v) is 14.0. The van der Waals surface area contributed by atoms with Crippen LogP contribution in [0.15, 0.2) is 35.8 Å². The molecule has 4 N–H and O–H groups in total. The Hall–Kier alpha value is -1.96. The van der Waals surface area contributed by atoms with Crippen molar-refractivity contribution in [3.05, 3.63) is 41.5 Å². The van der Waals surface area contributed by atoms with E-state index in [0.29, 0.717) is 36.4 Å². The highest BCUT2D eigenvalue weighted by Gasteiger charge is 2.26. The van der Waals surface area contributed by atoms with Crippen LogP contribution in [0.5, 0.6) is 0 Å². The zero-order chi connectivity index (χ0) is 16.9. The van der Waals surface area contributed by atoms with Crippen molar-refractivity contribution in [3.8, 4) is 0 Å². The molecule has 128 valence electrons. The number of thiazole rings is 1. The summed E-state index contributed by atoms with van der Waals surface area (Å²) in [6, 6.07) is 9.57. The third-order valence-corrected chi connectivity index (χ3v) is 4.96. The molecule has 0 spiro atoms. The number of carbonyl (C=O) groups excluding carboxylic acids is 1. The van der Waals surface area contributed by atoms with Gasteiger partial charge in [0.1, 0.15) is 5.00 Å². The summed E-state index contributed by atoms with van der Waals surface area (Å²) >= 11 is 1.38. The molecule has 0 radical (unpaired) electrons. The molecule has 3 rings (SSSR count). The Kier molecular flexibility index (Phi) is 5.44. The van der Waals surface area contributed by atoms with E-state index in [1.807, 2.05) is 30.3 Å². The Morgan fingerprint density at radius 1 is 1.08 bits per heavy atom. The Balaban J connectivity index is 1.64. The first-order valence-electron chi connectivity index (χ1n) is 8.06. The Labute approximate surface area is 144 Å². The Bertz CT molecular complexity index is 665. The summed E-state index contributed by atoms with van der Waals surface area (Å²) < 4.78 is 0. The quantitative estimate of drug-likeness (QED) is 0.637. The molecule has 0 bridgehead atoms. The molecule has 1 amide bonds. The van der Waals surface area contributed by atoms with Crippen molar-refractivity contribution in [2.45, 2.75) is 43.9 Å². The molecule has 1 aromatic heterocycles. The fourth-order valence-corrected chi connectivity index (χ4v) is 3.52. The predicted molar refractivity (Wildman–Crippen MR) is 93.6 cm³/mol. The topological polar surface area (TPSA) is 94.5 Å². The van der Waals surface area contributed by atoms with Crippen molar-refractivity contribution in [3.63, 3.8) is 0 Å². The van der Waals surface area contributed by atoms with Crippen LogP contribution in [-0.4, -0.2) is 39.4 Å². The molecule has 1 aliphatic rings. The van der Waals surface area contributed by atoms with E-state index in [-0.39, 0.29) is 11.9 Å². The highest BCUT2D eigenvalue weighted by molar-refractivity contribution is 7.14. The van der Waals surface area contributed by atoms with E-state index >= 15 is 0 Å². The monoisotopic (exact) mass is 347 g/mol. The third-order valence-electron chi connectivity index (χ3n) is 4.22. The SMILES string of the molecule is O=C(NC1CC[C@@H](O)[C@@H](O)CC1)c1ncsc1Nc1ccccc1. The minimum atomic E-state index is -0.707. The van der Waals surface area contributed by atoms with Crippen molar-refractivity contribution in [2.75, 3.05) is 5.32 Å². The van der Waals surface area contributed by atoms with Crippen LogP contribution < -0.4 is 10.6 Å². The maximum Gasteiger partial charge on any atom is 0.273 e. The first kappa shape index (κ1) is 16.9. The summed E-state index contributed by atoms with van der Waals surface area (Å²) in [5, 5.41) is 26.3. The number of amides is 1. The number of carbonyl (C=O) groups is 1. The number of benzene rings is 1.